The van der Waals surface area contributed by atoms with Crippen molar-refractivity contribution in [3.8, 4) is 6.07 Å². The molecule has 0 saturated carbocycles. The van der Waals surface area contributed by atoms with Gasteiger partial charge in [0.2, 0.25) is 0 Å². The normalized spacial score (nSPS) is 11.0. The van der Waals surface area contributed by atoms with Gasteiger partial charge in [0.1, 0.15) is 11.9 Å². The van der Waals surface area contributed by atoms with Crippen molar-refractivity contribution in [2.75, 3.05) is 18.5 Å². The molecule has 92 valence electrons. The van der Waals surface area contributed by atoms with Gasteiger partial charge in [0.15, 0.2) is 0 Å². The van der Waals surface area contributed by atoms with Crippen molar-refractivity contribution < 1.29 is 9.13 Å². The minimum Gasteiger partial charge on any atom is -0.383 e. The molecule has 0 bridgehead atoms. The van der Waals surface area contributed by atoms with E-state index in [0.717, 1.165) is 5.69 Å². The summed E-state index contributed by atoms with van der Waals surface area (Å²) in [5.74, 6) is -0.496. The summed E-state index contributed by atoms with van der Waals surface area (Å²) in [6.45, 7) is 7.13. The summed E-state index contributed by atoms with van der Waals surface area (Å²) in [6.07, 6.45) is 0. The molecular weight excluding hydrogens is 219 g/mol. The second-order valence-corrected chi connectivity index (χ2v) is 4.69. The lowest BCUT2D eigenvalue weighted by molar-refractivity contribution is 0.00333. The van der Waals surface area contributed by atoms with Gasteiger partial charge in [-0.1, -0.05) is 0 Å². The van der Waals surface area contributed by atoms with Crippen molar-refractivity contribution in [3.63, 3.8) is 0 Å². The van der Waals surface area contributed by atoms with Crippen LogP contribution < -0.4 is 5.32 Å². The summed E-state index contributed by atoms with van der Waals surface area (Å²) >= 11 is 0. The van der Waals surface area contributed by atoms with E-state index in [1.807, 2.05) is 20.8 Å². The third-order valence-electron chi connectivity index (χ3n) is 2.05. The Kier molecular flexibility index (Phi) is 4.47. The van der Waals surface area contributed by atoms with Crippen molar-refractivity contribution in [2.45, 2.75) is 26.4 Å². The second kappa shape index (κ2) is 5.65. The van der Waals surface area contributed by atoms with Gasteiger partial charge < -0.3 is 10.1 Å². The maximum Gasteiger partial charge on any atom is 0.141 e. The number of hydrogen-bond acceptors (Lipinski definition) is 3. The number of anilines is 1. The van der Waals surface area contributed by atoms with Crippen LogP contribution in [-0.2, 0) is 4.74 Å². The molecule has 0 unspecified atom stereocenters. The fourth-order valence-corrected chi connectivity index (χ4v) is 1.27. The summed E-state index contributed by atoms with van der Waals surface area (Å²) in [5.41, 5.74) is 0.606. The Hall–Kier alpha value is -1.60. The quantitative estimate of drug-likeness (QED) is 0.817. The molecule has 0 radical (unpaired) electrons. The van der Waals surface area contributed by atoms with Gasteiger partial charge in [-0.05, 0) is 39.0 Å². The highest BCUT2D eigenvalue weighted by molar-refractivity contribution is 5.49. The molecule has 0 aliphatic carbocycles. The van der Waals surface area contributed by atoms with Crippen LogP contribution in [0.1, 0.15) is 26.3 Å². The number of benzene rings is 1. The molecule has 0 saturated heterocycles. The SMILES string of the molecule is CC(C)(C)OCCNc1ccc(F)c(C#N)c1. The summed E-state index contributed by atoms with van der Waals surface area (Å²) in [4.78, 5) is 0. The van der Waals surface area contributed by atoms with E-state index in [9.17, 15) is 4.39 Å². The van der Waals surface area contributed by atoms with Crippen molar-refractivity contribution in [1.29, 1.82) is 5.26 Å². The largest absolute Gasteiger partial charge is 0.383 e. The van der Waals surface area contributed by atoms with Gasteiger partial charge in [0, 0.05) is 12.2 Å². The van der Waals surface area contributed by atoms with Crippen molar-refractivity contribution in [2.24, 2.45) is 0 Å². The van der Waals surface area contributed by atoms with Crippen LogP contribution in [0, 0.1) is 17.1 Å². The Morgan fingerprint density at radius 1 is 1.41 bits per heavy atom. The Bertz CT molecular complexity index is 418. The minimum absolute atomic E-state index is 0.0479. The van der Waals surface area contributed by atoms with Crippen molar-refractivity contribution in [1.82, 2.24) is 0 Å². The zero-order valence-electron chi connectivity index (χ0n) is 10.4. The van der Waals surface area contributed by atoms with Crippen molar-refractivity contribution in [3.05, 3.63) is 29.6 Å². The van der Waals surface area contributed by atoms with Gasteiger partial charge in [-0.2, -0.15) is 5.26 Å². The minimum atomic E-state index is -0.496. The van der Waals surface area contributed by atoms with E-state index in [-0.39, 0.29) is 11.2 Å². The molecule has 1 N–H and O–H groups in total. The van der Waals surface area contributed by atoms with E-state index in [4.69, 9.17) is 10.00 Å². The maximum atomic E-state index is 13.0. The number of ether oxygens (including phenoxy) is 1. The van der Waals surface area contributed by atoms with Gasteiger partial charge in [-0.15, -0.1) is 0 Å². The first-order valence-electron chi connectivity index (χ1n) is 5.50. The number of nitrogens with one attached hydrogen (secondary N) is 1. The summed E-state index contributed by atoms with van der Waals surface area (Å²) in [7, 11) is 0. The number of hydrogen-bond donors (Lipinski definition) is 1. The first kappa shape index (κ1) is 13.5. The molecule has 0 amide bonds. The standard InChI is InChI=1S/C13H17FN2O/c1-13(2,3)17-7-6-16-11-4-5-12(14)10(8-11)9-15/h4-5,8,16H,6-7H2,1-3H3. The smallest absolute Gasteiger partial charge is 0.141 e. The van der Waals surface area contributed by atoms with Crippen LogP contribution in [0.2, 0.25) is 0 Å². The molecule has 0 aliphatic rings. The van der Waals surface area contributed by atoms with Gasteiger partial charge in [0.25, 0.3) is 0 Å². The lowest BCUT2D eigenvalue weighted by atomic mass is 10.2. The number of halogens is 1. The molecule has 0 heterocycles. The highest BCUT2D eigenvalue weighted by Gasteiger charge is 2.09. The Morgan fingerprint density at radius 3 is 2.71 bits per heavy atom. The maximum absolute atomic E-state index is 13.0. The Labute approximate surface area is 101 Å². The average molecular weight is 236 g/mol. The molecule has 1 aromatic carbocycles. The van der Waals surface area contributed by atoms with Crippen LogP contribution in [-0.4, -0.2) is 18.8 Å². The summed E-state index contributed by atoms with van der Waals surface area (Å²) in [5, 5.41) is 11.8. The molecule has 1 rings (SSSR count). The Morgan fingerprint density at radius 2 is 2.12 bits per heavy atom. The van der Waals surface area contributed by atoms with E-state index in [1.165, 1.54) is 12.1 Å². The van der Waals surface area contributed by atoms with Crippen molar-refractivity contribution >= 4 is 5.69 Å². The first-order valence-corrected chi connectivity index (χ1v) is 5.50. The third kappa shape index (κ3) is 4.83. The lowest BCUT2D eigenvalue weighted by Gasteiger charge is -2.19. The lowest BCUT2D eigenvalue weighted by Crippen LogP contribution is -2.23. The molecule has 0 spiro atoms. The van der Waals surface area contributed by atoms with Crippen LogP contribution in [0.15, 0.2) is 18.2 Å². The molecule has 0 aliphatic heterocycles. The van der Waals surface area contributed by atoms with E-state index < -0.39 is 5.82 Å². The van der Waals surface area contributed by atoms with Gasteiger partial charge in [-0.3, -0.25) is 0 Å². The van der Waals surface area contributed by atoms with E-state index >= 15 is 0 Å². The molecular formula is C13H17FN2O. The van der Waals surface area contributed by atoms with E-state index in [0.29, 0.717) is 13.2 Å². The fraction of sp³-hybridized carbons (Fsp3) is 0.462. The number of nitrogens with zero attached hydrogens (tertiary/aromatic N) is 1. The van der Waals surface area contributed by atoms with E-state index in [1.54, 1.807) is 12.1 Å². The molecule has 4 heteroatoms. The monoisotopic (exact) mass is 236 g/mol. The van der Waals surface area contributed by atoms with Crippen LogP contribution >= 0.6 is 0 Å². The van der Waals surface area contributed by atoms with Gasteiger partial charge in [-0.25, -0.2) is 4.39 Å². The topological polar surface area (TPSA) is 45.0 Å². The van der Waals surface area contributed by atoms with Crippen LogP contribution in [0.25, 0.3) is 0 Å². The van der Waals surface area contributed by atoms with Gasteiger partial charge in [0.05, 0.1) is 17.8 Å². The molecule has 0 fully saturated rings. The molecule has 0 atom stereocenters. The molecule has 17 heavy (non-hydrogen) atoms. The van der Waals surface area contributed by atoms with Crippen LogP contribution in [0.4, 0.5) is 10.1 Å². The third-order valence-corrected chi connectivity index (χ3v) is 2.05. The highest BCUT2D eigenvalue weighted by Crippen LogP contribution is 2.13. The number of rotatable bonds is 4. The highest BCUT2D eigenvalue weighted by atomic mass is 19.1. The fourth-order valence-electron chi connectivity index (χ4n) is 1.27. The van der Waals surface area contributed by atoms with E-state index in [2.05, 4.69) is 5.32 Å². The average Bonchev–Trinajstić information content (AvgIpc) is 2.25. The first-order chi connectivity index (χ1) is 7.92. The Balaban J connectivity index is 2.45. The molecule has 3 nitrogen and oxygen atoms in total. The van der Waals surface area contributed by atoms with Gasteiger partial charge >= 0.3 is 0 Å². The predicted molar refractivity (Wildman–Crippen MR) is 65.3 cm³/mol. The van der Waals surface area contributed by atoms with Crippen LogP contribution in [0.5, 0.6) is 0 Å². The second-order valence-electron chi connectivity index (χ2n) is 4.69. The summed E-state index contributed by atoms with van der Waals surface area (Å²) in [6, 6.07) is 6.18. The zero-order valence-corrected chi connectivity index (χ0v) is 10.4. The van der Waals surface area contributed by atoms with Crippen LogP contribution in [0.3, 0.4) is 0 Å². The predicted octanol–water partition coefficient (Wildman–Crippen LogP) is 2.92. The number of nitriles is 1. The molecule has 0 aromatic heterocycles. The molecule has 1 aromatic rings. The summed E-state index contributed by atoms with van der Waals surface area (Å²) < 4.78 is 18.6. The zero-order chi connectivity index (χ0) is 12.9.